The van der Waals surface area contributed by atoms with Crippen LogP contribution in [0, 0.1) is 0 Å². The van der Waals surface area contributed by atoms with E-state index in [9.17, 15) is 9.59 Å². The van der Waals surface area contributed by atoms with E-state index in [2.05, 4.69) is 10.6 Å². The first-order valence-electron chi connectivity index (χ1n) is 5.59. The zero-order chi connectivity index (χ0) is 12.8. The summed E-state index contributed by atoms with van der Waals surface area (Å²) in [6.45, 7) is 1.91. The molecule has 2 heterocycles. The predicted molar refractivity (Wildman–Crippen MR) is 61.3 cm³/mol. The molecule has 0 aromatic heterocycles. The number of hydrogen-bond donors (Lipinski definition) is 2. The monoisotopic (exact) mass is 248 g/mol. The van der Waals surface area contributed by atoms with Crippen molar-refractivity contribution in [2.45, 2.75) is 18.9 Å². The molecule has 2 N–H and O–H groups in total. The molecule has 6 nitrogen and oxygen atoms in total. The van der Waals surface area contributed by atoms with Crippen LogP contribution in [0.15, 0.2) is 18.2 Å². The summed E-state index contributed by atoms with van der Waals surface area (Å²) in [5.74, 6) is 1.05. The minimum Gasteiger partial charge on any atom is -0.454 e. The van der Waals surface area contributed by atoms with Gasteiger partial charge >= 0.3 is 6.03 Å². The quantitative estimate of drug-likeness (QED) is 0.749. The zero-order valence-electron chi connectivity index (χ0n) is 9.78. The van der Waals surface area contributed by atoms with E-state index in [-0.39, 0.29) is 12.7 Å². The molecule has 94 valence electrons. The summed E-state index contributed by atoms with van der Waals surface area (Å²) in [5, 5.41) is 4.86. The number of carbonyl (C=O) groups excluding carboxylic acids is 2. The molecule has 0 aliphatic carbocycles. The second-order valence-corrected chi connectivity index (χ2v) is 4.60. The molecule has 2 aliphatic rings. The number of benzene rings is 1. The Morgan fingerprint density at radius 2 is 2.06 bits per heavy atom. The average molecular weight is 248 g/mol. The van der Waals surface area contributed by atoms with Crippen LogP contribution >= 0.6 is 0 Å². The number of amides is 3. The van der Waals surface area contributed by atoms with Gasteiger partial charge in [0, 0.05) is 6.42 Å². The Balaban J connectivity index is 1.84. The standard InChI is InChI=1S/C12H12N2O4/c1-12(10(15)13-11(16)14-12)5-7-2-3-8-9(4-7)18-6-17-8/h2-4H,5-6H2,1H3,(H2,13,14,15,16)/t12-/m1/s1. The number of fused-ring (bicyclic) bond motifs is 1. The molecule has 3 amide bonds. The highest BCUT2D eigenvalue weighted by molar-refractivity contribution is 6.06. The fourth-order valence-corrected chi connectivity index (χ4v) is 2.16. The van der Waals surface area contributed by atoms with Crippen LogP contribution in [0.3, 0.4) is 0 Å². The Hall–Kier alpha value is -2.24. The van der Waals surface area contributed by atoms with Crippen LogP contribution in [0.1, 0.15) is 12.5 Å². The topological polar surface area (TPSA) is 76.7 Å². The summed E-state index contributed by atoms with van der Waals surface area (Å²) in [5.41, 5.74) is -0.00998. The van der Waals surface area contributed by atoms with Gasteiger partial charge in [0.1, 0.15) is 5.54 Å². The molecular weight excluding hydrogens is 236 g/mol. The minimum atomic E-state index is -0.912. The van der Waals surface area contributed by atoms with Gasteiger partial charge in [-0.2, -0.15) is 0 Å². The van der Waals surface area contributed by atoms with Gasteiger partial charge in [-0.15, -0.1) is 0 Å². The van der Waals surface area contributed by atoms with Crippen LogP contribution in [-0.4, -0.2) is 24.3 Å². The summed E-state index contributed by atoms with van der Waals surface area (Å²) in [6.07, 6.45) is 0.404. The third-order valence-corrected chi connectivity index (χ3v) is 3.11. The number of imide groups is 1. The highest BCUT2D eigenvalue weighted by Crippen LogP contribution is 2.33. The van der Waals surface area contributed by atoms with Gasteiger partial charge in [-0.3, -0.25) is 10.1 Å². The number of urea groups is 1. The van der Waals surface area contributed by atoms with E-state index in [4.69, 9.17) is 9.47 Å². The lowest BCUT2D eigenvalue weighted by molar-refractivity contribution is -0.123. The number of nitrogens with one attached hydrogen (secondary N) is 2. The highest BCUT2D eigenvalue weighted by Gasteiger charge is 2.41. The SMILES string of the molecule is C[C@]1(Cc2ccc3c(c2)OCO3)NC(=O)NC1=O. The summed E-state index contributed by atoms with van der Waals surface area (Å²) in [6, 6.07) is 5.03. The van der Waals surface area contributed by atoms with E-state index in [1.54, 1.807) is 13.0 Å². The third kappa shape index (κ3) is 1.66. The van der Waals surface area contributed by atoms with Crippen molar-refractivity contribution >= 4 is 11.9 Å². The van der Waals surface area contributed by atoms with Gasteiger partial charge in [0.2, 0.25) is 6.79 Å². The molecule has 6 heteroatoms. The third-order valence-electron chi connectivity index (χ3n) is 3.11. The normalized spacial score (nSPS) is 24.9. The van der Waals surface area contributed by atoms with Crippen molar-refractivity contribution in [2.24, 2.45) is 0 Å². The first-order valence-corrected chi connectivity index (χ1v) is 5.59. The Bertz CT molecular complexity index is 543. The largest absolute Gasteiger partial charge is 0.454 e. The molecule has 1 aromatic rings. The molecule has 0 bridgehead atoms. The molecule has 1 atom stereocenters. The molecule has 1 fully saturated rings. The molecule has 0 saturated carbocycles. The van der Waals surface area contributed by atoms with Crippen molar-refractivity contribution in [3.63, 3.8) is 0 Å². The number of rotatable bonds is 2. The maximum atomic E-state index is 11.7. The maximum Gasteiger partial charge on any atom is 0.322 e. The smallest absolute Gasteiger partial charge is 0.322 e. The van der Waals surface area contributed by atoms with Crippen LogP contribution < -0.4 is 20.1 Å². The average Bonchev–Trinajstić information content (AvgIpc) is 2.84. The Morgan fingerprint density at radius 3 is 2.78 bits per heavy atom. The molecule has 3 rings (SSSR count). The van der Waals surface area contributed by atoms with Crippen LogP contribution in [0.25, 0.3) is 0 Å². The Labute approximate surface area is 103 Å². The van der Waals surface area contributed by atoms with E-state index in [0.29, 0.717) is 17.9 Å². The van der Waals surface area contributed by atoms with E-state index in [0.717, 1.165) is 5.56 Å². The molecule has 0 unspecified atom stereocenters. The predicted octanol–water partition coefficient (Wildman–Crippen LogP) is 0.556. The second kappa shape index (κ2) is 3.63. The maximum absolute atomic E-state index is 11.7. The fraction of sp³-hybridized carbons (Fsp3) is 0.333. The lowest BCUT2D eigenvalue weighted by Crippen LogP contribution is -2.45. The molecular formula is C12H12N2O4. The second-order valence-electron chi connectivity index (χ2n) is 4.60. The molecule has 0 spiro atoms. The van der Waals surface area contributed by atoms with Crippen molar-refractivity contribution < 1.29 is 19.1 Å². The first-order chi connectivity index (χ1) is 8.57. The molecule has 1 aromatic carbocycles. The zero-order valence-corrected chi connectivity index (χ0v) is 9.78. The van der Waals surface area contributed by atoms with Crippen molar-refractivity contribution in [1.29, 1.82) is 0 Å². The van der Waals surface area contributed by atoms with Crippen LogP contribution in [0.4, 0.5) is 4.79 Å². The molecule has 2 aliphatic heterocycles. The van der Waals surface area contributed by atoms with E-state index in [1.807, 2.05) is 12.1 Å². The summed E-state index contributed by atoms with van der Waals surface area (Å²) >= 11 is 0. The first kappa shape index (κ1) is 10.9. The van der Waals surface area contributed by atoms with Gasteiger partial charge in [-0.1, -0.05) is 6.07 Å². The number of carbonyl (C=O) groups is 2. The van der Waals surface area contributed by atoms with E-state index >= 15 is 0 Å². The lowest BCUT2D eigenvalue weighted by atomic mass is 9.93. The van der Waals surface area contributed by atoms with Crippen LogP contribution in [-0.2, 0) is 11.2 Å². The minimum absolute atomic E-state index is 0.216. The van der Waals surface area contributed by atoms with Crippen LogP contribution in [0.5, 0.6) is 11.5 Å². The fourth-order valence-electron chi connectivity index (χ4n) is 2.16. The van der Waals surface area contributed by atoms with Gasteiger partial charge < -0.3 is 14.8 Å². The molecule has 18 heavy (non-hydrogen) atoms. The summed E-state index contributed by atoms with van der Waals surface area (Å²) in [7, 11) is 0. The van der Waals surface area contributed by atoms with E-state index < -0.39 is 11.6 Å². The van der Waals surface area contributed by atoms with Gasteiger partial charge in [0.25, 0.3) is 5.91 Å². The van der Waals surface area contributed by atoms with Gasteiger partial charge in [-0.05, 0) is 24.6 Å². The number of ether oxygens (including phenoxy) is 2. The Kier molecular flexibility index (Phi) is 2.19. The van der Waals surface area contributed by atoms with E-state index in [1.165, 1.54) is 0 Å². The number of hydrogen-bond acceptors (Lipinski definition) is 4. The highest BCUT2D eigenvalue weighted by atomic mass is 16.7. The summed E-state index contributed by atoms with van der Waals surface area (Å²) in [4.78, 5) is 22.9. The van der Waals surface area contributed by atoms with Crippen molar-refractivity contribution in [3.05, 3.63) is 23.8 Å². The lowest BCUT2D eigenvalue weighted by Gasteiger charge is -2.20. The Morgan fingerprint density at radius 1 is 1.28 bits per heavy atom. The van der Waals surface area contributed by atoms with Crippen molar-refractivity contribution in [3.8, 4) is 11.5 Å². The van der Waals surface area contributed by atoms with Gasteiger partial charge in [0.15, 0.2) is 11.5 Å². The van der Waals surface area contributed by atoms with Crippen LogP contribution in [0.2, 0.25) is 0 Å². The molecule has 1 saturated heterocycles. The van der Waals surface area contributed by atoms with Crippen molar-refractivity contribution in [1.82, 2.24) is 10.6 Å². The summed E-state index contributed by atoms with van der Waals surface area (Å²) < 4.78 is 10.5. The molecule has 0 radical (unpaired) electrons. The van der Waals surface area contributed by atoms with Gasteiger partial charge in [-0.25, -0.2) is 4.79 Å². The van der Waals surface area contributed by atoms with Crippen molar-refractivity contribution in [2.75, 3.05) is 6.79 Å². The van der Waals surface area contributed by atoms with Gasteiger partial charge in [0.05, 0.1) is 0 Å².